The first-order valence-electron chi connectivity index (χ1n) is 22.1. The molecule has 4 aromatic heterocycles. The summed E-state index contributed by atoms with van der Waals surface area (Å²) < 4.78 is 16.4. The Balaban J connectivity index is 1.38. The third kappa shape index (κ3) is 13.0. The average Bonchev–Trinajstić information content (AvgIpc) is 4.02. The quantitative estimate of drug-likeness (QED) is 0.0451. The normalized spacial score (nSPS) is 13.0. The topological polar surface area (TPSA) is 44.2 Å². The van der Waals surface area contributed by atoms with Gasteiger partial charge in [0.2, 0.25) is 0 Å². The molecule has 0 aliphatic heterocycles. The fraction of sp³-hybridized carbons (Fsp3) is 0.660. The molecule has 0 fully saturated rings. The van der Waals surface area contributed by atoms with Crippen molar-refractivity contribution in [3.8, 4) is 31.3 Å². The summed E-state index contributed by atoms with van der Waals surface area (Å²) in [5, 5.41) is 9.00. The largest absolute Gasteiger partial charge is 0.491 e. The molecule has 4 heterocycles. The molecule has 2 atom stereocenters. The minimum Gasteiger partial charge on any atom is -0.491 e. The van der Waals surface area contributed by atoms with Crippen LogP contribution in [0.2, 0.25) is 0 Å². The van der Waals surface area contributed by atoms with Gasteiger partial charge in [-0.15, -0.1) is 45.3 Å². The summed E-state index contributed by atoms with van der Waals surface area (Å²) >= 11 is 7.18. The Bertz CT molecular complexity index is 1740. The number of unbranched alkanes of at least 4 members (excludes halogenated alkanes) is 13. The van der Waals surface area contributed by atoms with E-state index in [1.807, 2.05) is 22.7 Å². The number of hydrogen-bond donors (Lipinski definition) is 0. The van der Waals surface area contributed by atoms with E-state index in [0.717, 1.165) is 59.7 Å². The van der Waals surface area contributed by atoms with E-state index in [2.05, 4.69) is 64.4 Å². The van der Waals surface area contributed by atoms with E-state index < -0.39 is 0 Å². The van der Waals surface area contributed by atoms with E-state index >= 15 is 0 Å². The predicted octanol–water partition coefficient (Wildman–Crippen LogP) is 17.1. The summed E-state index contributed by atoms with van der Waals surface area (Å²) in [4.78, 5) is 12.5. The van der Waals surface area contributed by atoms with E-state index in [1.165, 1.54) is 151 Å². The number of hydrogen-bond acceptors (Lipinski definition) is 8. The molecule has 0 radical (unpaired) electrons. The smallest absolute Gasteiger partial charge is 0.146 e. The average molecular weight is 823 g/mol. The van der Waals surface area contributed by atoms with Gasteiger partial charge in [-0.3, -0.25) is 0 Å². The van der Waals surface area contributed by atoms with Gasteiger partial charge >= 0.3 is 0 Å². The molecule has 55 heavy (non-hydrogen) atoms. The van der Waals surface area contributed by atoms with Crippen molar-refractivity contribution in [3.05, 3.63) is 34.3 Å². The second-order valence-electron chi connectivity index (χ2n) is 15.9. The van der Waals surface area contributed by atoms with Gasteiger partial charge in [-0.05, 0) is 56.6 Å². The predicted molar refractivity (Wildman–Crippen MR) is 247 cm³/mol. The van der Waals surface area contributed by atoms with E-state index in [-0.39, 0.29) is 0 Å². The van der Waals surface area contributed by atoms with Gasteiger partial charge in [0.15, 0.2) is 0 Å². The van der Waals surface area contributed by atoms with Gasteiger partial charge in [0.25, 0.3) is 0 Å². The van der Waals surface area contributed by atoms with Crippen molar-refractivity contribution >= 4 is 65.5 Å². The fourth-order valence-corrected chi connectivity index (χ4v) is 11.7. The molecule has 1 aromatic carbocycles. The first-order valence-corrected chi connectivity index (χ1v) is 25.5. The van der Waals surface area contributed by atoms with Crippen molar-refractivity contribution in [2.75, 3.05) is 13.2 Å². The van der Waals surface area contributed by atoms with Crippen LogP contribution in [0.15, 0.2) is 22.9 Å². The summed E-state index contributed by atoms with van der Waals surface area (Å²) in [5.41, 5.74) is 2.31. The molecule has 304 valence electrons. The molecule has 0 aliphatic carbocycles. The summed E-state index contributed by atoms with van der Waals surface area (Å²) in [5.74, 6) is 3.13. The number of thiazole rings is 2. The van der Waals surface area contributed by atoms with Crippen molar-refractivity contribution in [1.29, 1.82) is 0 Å². The molecule has 4 nitrogen and oxygen atoms in total. The molecule has 8 heteroatoms. The van der Waals surface area contributed by atoms with Gasteiger partial charge < -0.3 is 9.47 Å². The Kier molecular flexibility index (Phi) is 19.3. The SMILES string of the molecule is CCCCCCCCCCCCCCc1csc(-c2cc3c(OCC(CC)CCCC)c4sc(-c5nc(C)cs5)cc4c(OCC(CC)CCCC)c3s2)n1. The fourth-order valence-electron chi connectivity index (χ4n) is 7.55. The van der Waals surface area contributed by atoms with Gasteiger partial charge in [0.05, 0.1) is 38.1 Å². The first kappa shape index (κ1) is 44.1. The van der Waals surface area contributed by atoms with E-state index in [9.17, 15) is 0 Å². The minimum atomic E-state index is 0.547. The second kappa shape index (κ2) is 24.0. The van der Waals surface area contributed by atoms with E-state index in [1.54, 1.807) is 22.7 Å². The van der Waals surface area contributed by atoms with Crippen molar-refractivity contribution in [2.24, 2.45) is 11.8 Å². The lowest BCUT2D eigenvalue weighted by Gasteiger charge is -2.19. The number of nitrogens with zero attached hydrogens (tertiary/aromatic N) is 2. The lowest BCUT2D eigenvalue weighted by atomic mass is 10.0. The third-order valence-corrected chi connectivity index (χ3v) is 15.7. The van der Waals surface area contributed by atoms with Crippen LogP contribution in [0.4, 0.5) is 0 Å². The van der Waals surface area contributed by atoms with Gasteiger partial charge in [0.1, 0.15) is 21.5 Å². The zero-order chi connectivity index (χ0) is 38.8. The molecule has 0 amide bonds. The van der Waals surface area contributed by atoms with Gasteiger partial charge in [-0.25, -0.2) is 9.97 Å². The van der Waals surface area contributed by atoms with Crippen LogP contribution in [-0.2, 0) is 6.42 Å². The molecule has 0 saturated heterocycles. The highest BCUT2D eigenvalue weighted by Crippen LogP contribution is 2.53. The zero-order valence-electron chi connectivity index (χ0n) is 35.1. The van der Waals surface area contributed by atoms with Crippen LogP contribution in [-0.4, -0.2) is 23.2 Å². The Morgan fingerprint density at radius 1 is 0.545 bits per heavy atom. The molecule has 0 N–H and O–H groups in total. The van der Waals surface area contributed by atoms with Gasteiger partial charge in [-0.2, -0.15) is 0 Å². The summed E-state index contributed by atoms with van der Waals surface area (Å²) in [6, 6.07) is 4.69. The molecule has 0 aliphatic rings. The van der Waals surface area contributed by atoms with E-state index in [4.69, 9.17) is 19.4 Å². The number of aryl methyl sites for hydroxylation is 2. The Hall–Kier alpha value is -2.00. The number of fused-ring (bicyclic) bond motifs is 2. The first-order chi connectivity index (χ1) is 27.0. The van der Waals surface area contributed by atoms with E-state index in [0.29, 0.717) is 11.8 Å². The van der Waals surface area contributed by atoms with Crippen LogP contribution in [0, 0.1) is 18.8 Å². The highest BCUT2D eigenvalue weighted by atomic mass is 32.1. The summed E-state index contributed by atoms with van der Waals surface area (Å²) in [7, 11) is 0. The highest BCUT2D eigenvalue weighted by Gasteiger charge is 2.25. The van der Waals surface area contributed by atoms with Crippen LogP contribution in [0.3, 0.4) is 0 Å². The molecular formula is C47H70N2O2S4. The van der Waals surface area contributed by atoms with Gasteiger partial charge in [0, 0.05) is 27.2 Å². The monoisotopic (exact) mass is 822 g/mol. The van der Waals surface area contributed by atoms with Crippen molar-refractivity contribution in [2.45, 2.75) is 176 Å². The van der Waals surface area contributed by atoms with Crippen LogP contribution in [0.25, 0.3) is 39.9 Å². The summed E-state index contributed by atoms with van der Waals surface area (Å²) in [6.07, 6.45) is 27.2. The van der Waals surface area contributed by atoms with Crippen LogP contribution < -0.4 is 9.47 Å². The maximum absolute atomic E-state index is 7.00. The standard InChI is InChI=1S/C47H70N2O2S4/c1-7-12-15-16-17-18-19-20-21-22-23-24-27-37-33-53-47(49-37)41-29-39-43(51-31-36(11-5)26-14-9-3)44-38(28-40(54-44)46-48-34(6)32-52-46)42(45(39)55-41)50-30-35(10-4)25-13-8-2/h28-29,32-33,35-36H,7-27,30-31H2,1-6H3. The Morgan fingerprint density at radius 2 is 1.00 bits per heavy atom. The van der Waals surface area contributed by atoms with Crippen LogP contribution >= 0.6 is 45.3 Å². The van der Waals surface area contributed by atoms with Crippen molar-refractivity contribution in [1.82, 2.24) is 9.97 Å². The molecular weight excluding hydrogens is 753 g/mol. The maximum Gasteiger partial charge on any atom is 0.146 e. The number of rotatable bonds is 29. The molecule has 5 aromatic rings. The minimum absolute atomic E-state index is 0.547. The Morgan fingerprint density at radius 3 is 1.45 bits per heavy atom. The molecule has 2 unspecified atom stereocenters. The molecule has 5 rings (SSSR count). The number of benzene rings is 1. The number of ether oxygens (including phenoxy) is 2. The Labute approximate surface area is 349 Å². The lowest BCUT2D eigenvalue weighted by molar-refractivity contribution is 0.235. The number of aromatic nitrogens is 2. The molecule has 0 spiro atoms. The molecule has 0 bridgehead atoms. The van der Waals surface area contributed by atoms with Crippen molar-refractivity contribution < 1.29 is 9.47 Å². The summed E-state index contributed by atoms with van der Waals surface area (Å²) in [6.45, 7) is 15.1. The van der Waals surface area contributed by atoms with Crippen molar-refractivity contribution in [3.63, 3.8) is 0 Å². The van der Waals surface area contributed by atoms with Crippen LogP contribution in [0.5, 0.6) is 11.5 Å². The third-order valence-electron chi connectivity index (χ3n) is 11.3. The lowest BCUT2D eigenvalue weighted by Crippen LogP contribution is -2.12. The van der Waals surface area contributed by atoms with Gasteiger partial charge in [-0.1, -0.05) is 144 Å². The maximum atomic E-state index is 7.00. The van der Waals surface area contributed by atoms with Crippen LogP contribution in [0.1, 0.15) is 174 Å². The number of thiophene rings is 2. The highest BCUT2D eigenvalue weighted by molar-refractivity contribution is 7.27. The molecule has 0 saturated carbocycles. The second-order valence-corrected chi connectivity index (χ2v) is 19.7. The zero-order valence-corrected chi connectivity index (χ0v) is 38.3.